The average molecular weight is 347 g/mol. The Bertz CT molecular complexity index is 734. The molecule has 1 saturated carbocycles. The highest BCUT2D eigenvalue weighted by molar-refractivity contribution is 7.18. The van der Waals surface area contributed by atoms with E-state index in [9.17, 15) is 5.11 Å². The predicted molar refractivity (Wildman–Crippen MR) is 98.9 cm³/mol. The molecule has 0 atom stereocenters. The first-order valence-electron chi connectivity index (χ1n) is 9.04. The summed E-state index contributed by atoms with van der Waals surface area (Å²) >= 11 is 1.77. The van der Waals surface area contributed by atoms with Gasteiger partial charge in [-0.15, -0.1) is 11.3 Å². The second kappa shape index (κ2) is 6.58. The third kappa shape index (κ3) is 3.03. The zero-order chi connectivity index (χ0) is 16.7. The van der Waals surface area contributed by atoms with Gasteiger partial charge in [0.05, 0.1) is 18.5 Å². The second-order valence-electron chi connectivity index (χ2n) is 7.06. The third-order valence-electron chi connectivity index (χ3n) is 5.22. The van der Waals surface area contributed by atoms with Crippen LogP contribution in [0.15, 0.2) is 0 Å². The van der Waals surface area contributed by atoms with Crippen LogP contribution in [0, 0.1) is 13.8 Å². The molecule has 3 heterocycles. The fourth-order valence-corrected chi connectivity index (χ4v) is 4.69. The van der Waals surface area contributed by atoms with Gasteiger partial charge in [-0.3, -0.25) is 4.90 Å². The van der Waals surface area contributed by atoms with Crippen molar-refractivity contribution in [1.29, 1.82) is 0 Å². The summed E-state index contributed by atoms with van der Waals surface area (Å²) in [7, 11) is 0. The first kappa shape index (κ1) is 16.2. The maximum Gasteiger partial charge on any atom is 0.146 e. The Balaban J connectivity index is 1.78. The minimum Gasteiger partial charge on any atom is -0.395 e. The highest BCUT2D eigenvalue weighted by Gasteiger charge is 2.32. The molecule has 1 saturated heterocycles. The van der Waals surface area contributed by atoms with E-state index in [1.165, 1.54) is 41.5 Å². The van der Waals surface area contributed by atoms with E-state index >= 15 is 0 Å². The fraction of sp³-hybridized carbons (Fsp3) is 0.667. The monoisotopic (exact) mass is 346 g/mol. The molecular formula is C18H26N4OS. The highest BCUT2D eigenvalue weighted by atomic mass is 32.1. The van der Waals surface area contributed by atoms with Crippen molar-refractivity contribution in [2.45, 2.75) is 52.1 Å². The highest BCUT2D eigenvalue weighted by Crippen LogP contribution is 2.39. The number of hydrogen-bond acceptors (Lipinski definition) is 6. The van der Waals surface area contributed by atoms with Crippen molar-refractivity contribution in [2.24, 2.45) is 0 Å². The molecule has 1 aliphatic heterocycles. The van der Waals surface area contributed by atoms with Crippen LogP contribution in [0.2, 0.25) is 0 Å². The third-order valence-corrected chi connectivity index (χ3v) is 6.32. The standard InChI is InChI=1S/C18H26N4OS/c1-12-13(2)24-18-16(12)17(22(9-10-23)14-5-6-14)19-15(20-18)11-21-7-3-4-8-21/h14,23H,3-11H2,1-2H3. The summed E-state index contributed by atoms with van der Waals surface area (Å²) in [6.45, 7) is 8.32. The number of likely N-dealkylation sites (tertiary alicyclic amines) is 1. The van der Waals surface area contributed by atoms with Gasteiger partial charge in [0, 0.05) is 17.5 Å². The van der Waals surface area contributed by atoms with Gasteiger partial charge in [0.15, 0.2) is 0 Å². The van der Waals surface area contributed by atoms with Gasteiger partial charge in [-0.25, -0.2) is 9.97 Å². The van der Waals surface area contributed by atoms with Crippen LogP contribution in [0.5, 0.6) is 0 Å². The Hall–Kier alpha value is -1.24. The maximum atomic E-state index is 9.53. The van der Waals surface area contributed by atoms with Crippen LogP contribution < -0.4 is 4.90 Å². The normalized spacial score (nSPS) is 18.6. The number of thiophene rings is 1. The quantitative estimate of drug-likeness (QED) is 0.872. The fourth-order valence-electron chi connectivity index (χ4n) is 3.65. The van der Waals surface area contributed by atoms with Crippen LogP contribution >= 0.6 is 11.3 Å². The van der Waals surface area contributed by atoms with Crippen LogP contribution in [0.1, 0.15) is 41.9 Å². The summed E-state index contributed by atoms with van der Waals surface area (Å²) in [4.78, 5) is 17.1. The van der Waals surface area contributed by atoms with Crippen molar-refractivity contribution in [3.63, 3.8) is 0 Å². The van der Waals surface area contributed by atoms with Crippen molar-refractivity contribution in [2.75, 3.05) is 31.1 Å². The molecule has 0 unspecified atom stereocenters. The van der Waals surface area contributed by atoms with E-state index in [1.807, 2.05) is 0 Å². The van der Waals surface area contributed by atoms with E-state index < -0.39 is 0 Å². The first-order valence-corrected chi connectivity index (χ1v) is 9.85. The maximum absolute atomic E-state index is 9.53. The van der Waals surface area contributed by atoms with Crippen molar-refractivity contribution >= 4 is 27.4 Å². The van der Waals surface area contributed by atoms with Gasteiger partial charge in [-0.1, -0.05) is 0 Å². The Morgan fingerprint density at radius 1 is 1.21 bits per heavy atom. The average Bonchev–Trinajstić information content (AvgIpc) is 3.20. The van der Waals surface area contributed by atoms with Crippen molar-refractivity contribution in [3.05, 3.63) is 16.3 Å². The van der Waals surface area contributed by atoms with E-state index in [4.69, 9.17) is 9.97 Å². The van der Waals surface area contributed by atoms with Gasteiger partial charge < -0.3 is 10.0 Å². The molecule has 6 heteroatoms. The van der Waals surface area contributed by atoms with Gasteiger partial charge in [-0.05, 0) is 58.2 Å². The number of aryl methyl sites for hydroxylation is 2. The molecule has 2 fully saturated rings. The van der Waals surface area contributed by atoms with E-state index in [1.54, 1.807) is 11.3 Å². The minimum absolute atomic E-state index is 0.172. The lowest BCUT2D eigenvalue weighted by Crippen LogP contribution is -2.31. The number of aromatic nitrogens is 2. The zero-order valence-corrected chi connectivity index (χ0v) is 15.4. The lowest BCUT2D eigenvalue weighted by atomic mass is 10.2. The van der Waals surface area contributed by atoms with Crippen LogP contribution in [0.25, 0.3) is 10.2 Å². The van der Waals surface area contributed by atoms with Gasteiger partial charge in [0.25, 0.3) is 0 Å². The van der Waals surface area contributed by atoms with Gasteiger partial charge in [0.2, 0.25) is 0 Å². The summed E-state index contributed by atoms with van der Waals surface area (Å²) in [5.41, 5.74) is 1.29. The molecule has 2 aromatic heterocycles. The summed E-state index contributed by atoms with van der Waals surface area (Å²) in [5.74, 6) is 1.98. The number of aliphatic hydroxyl groups is 1. The zero-order valence-electron chi connectivity index (χ0n) is 14.6. The molecule has 4 rings (SSSR count). The first-order chi connectivity index (χ1) is 11.7. The Morgan fingerprint density at radius 3 is 2.62 bits per heavy atom. The summed E-state index contributed by atoms with van der Waals surface area (Å²) in [5, 5.41) is 10.7. The number of nitrogens with zero attached hydrogens (tertiary/aromatic N) is 4. The molecular weight excluding hydrogens is 320 g/mol. The Labute approximate surface area is 147 Å². The Morgan fingerprint density at radius 2 is 1.96 bits per heavy atom. The van der Waals surface area contributed by atoms with E-state index in [2.05, 4.69) is 23.6 Å². The summed E-state index contributed by atoms with van der Waals surface area (Å²) in [6.07, 6.45) is 4.97. The van der Waals surface area contributed by atoms with Crippen LogP contribution in [-0.4, -0.2) is 52.3 Å². The number of rotatable bonds is 6. The summed E-state index contributed by atoms with van der Waals surface area (Å²) < 4.78 is 0. The number of anilines is 1. The SMILES string of the molecule is Cc1sc2nc(CN3CCCC3)nc(N(CCO)C3CC3)c2c1C. The molecule has 2 aliphatic rings. The van der Waals surface area contributed by atoms with Gasteiger partial charge in [0.1, 0.15) is 16.5 Å². The number of hydrogen-bond donors (Lipinski definition) is 1. The molecule has 1 N–H and O–H groups in total. The second-order valence-corrected chi connectivity index (χ2v) is 8.26. The smallest absolute Gasteiger partial charge is 0.146 e. The molecule has 2 aromatic rings. The Kier molecular flexibility index (Phi) is 4.45. The van der Waals surface area contributed by atoms with Crippen molar-refractivity contribution < 1.29 is 5.11 Å². The lowest BCUT2D eigenvalue weighted by molar-refractivity contribution is 0.300. The van der Waals surface area contributed by atoms with Crippen molar-refractivity contribution in [3.8, 4) is 0 Å². The largest absolute Gasteiger partial charge is 0.395 e. The van der Waals surface area contributed by atoms with Crippen LogP contribution in [0.3, 0.4) is 0 Å². The molecule has 0 radical (unpaired) electrons. The van der Waals surface area contributed by atoms with E-state index in [-0.39, 0.29) is 6.61 Å². The van der Waals surface area contributed by atoms with Crippen molar-refractivity contribution in [1.82, 2.24) is 14.9 Å². The van der Waals surface area contributed by atoms with Gasteiger partial charge >= 0.3 is 0 Å². The summed E-state index contributed by atoms with van der Waals surface area (Å²) in [6, 6.07) is 0.537. The minimum atomic E-state index is 0.172. The predicted octanol–water partition coefficient (Wildman–Crippen LogP) is 2.87. The molecule has 130 valence electrons. The molecule has 0 amide bonds. The molecule has 1 aliphatic carbocycles. The molecule has 0 aromatic carbocycles. The van der Waals surface area contributed by atoms with Crippen LogP contribution in [-0.2, 0) is 6.54 Å². The number of aliphatic hydroxyl groups excluding tert-OH is 1. The molecule has 24 heavy (non-hydrogen) atoms. The number of fused-ring (bicyclic) bond motifs is 1. The lowest BCUT2D eigenvalue weighted by Gasteiger charge is -2.24. The molecule has 0 bridgehead atoms. The van der Waals surface area contributed by atoms with E-state index in [0.29, 0.717) is 12.6 Å². The molecule has 0 spiro atoms. The van der Waals surface area contributed by atoms with Gasteiger partial charge in [-0.2, -0.15) is 0 Å². The van der Waals surface area contributed by atoms with E-state index in [0.717, 1.165) is 36.1 Å². The van der Waals surface area contributed by atoms with Crippen LogP contribution in [0.4, 0.5) is 5.82 Å². The molecule has 5 nitrogen and oxygen atoms in total. The topological polar surface area (TPSA) is 52.5 Å².